The summed E-state index contributed by atoms with van der Waals surface area (Å²) in [5.74, 6) is 0.00960. The summed E-state index contributed by atoms with van der Waals surface area (Å²) in [5.41, 5.74) is 5.44. The first-order valence-electron chi connectivity index (χ1n) is 5.83. The molecule has 1 rings (SSSR count). The zero-order valence-electron chi connectivity index (χ0n) is 9.83. The summed E-state index contributed by atoms with van der Waals surface area (Å²) >= 11 is 0. The summed E-state index contributed by atoms with van der Waals surface area (Å²) in [4.78, 5) is 13.8. The third kappa shape index (κ3) is 3.80. The second-order valence-corrected chi connectivity index (χ2v) is 4.51. The van der Waals surface area contributed by atoms with Gasteiger partial charge in [0.2, 0.25) is 5.91 Å². The standard InChI is InChI=1S/C11H23N3O/c1-9(7-12)11(15)13-8-10-5-3-4-6-14(10)2/h9-10H,3-8,12H2,1-2H3,(H,13,15). The Kier molecular flexibility index (Phi) is 5.05. The predicted octanol–water partition coefficient (Wildman–Crippen LogP) is 0.182. The number of nitrogens with one attached hydrogen (secondary N) is 1. The Bertz CT molecular complexity index is 208. The minimum atomic E-state index is -0.0705. The summed E-state index contributed by atoms with van der Waals surface area (Å²) in [5, 5.41) is 2.97. The molecule has 1 amide bonds. The van der Waals surface area contributed by atoms with Gasteiger partial charge in [0.1, 0.15) is 0 Å². The average Bonchev–Trinajstić information content (AvgIpc) is 2.26. The molecule has 4 heteroatoms. The highest BCUT2D eigenvalue weighted by Crippen LogP contribution is 2.13. The summed E-state index contributed by atoms with van der Waals surface area (Å²) in [6, 6.07) is 0.507. The fourth-order valence-electron chi connectivity index (χ4n) is 1.90. The Hall–Kier alpha value is -0.610. The van der Waals surface area contributed by atoms with Crippen LogP contribution in [0.5, 0.6) is 0 Å². The van der Waals surface area contributed by atoms with E-state index in [0.717, 1.165) is 13.1 Å². The summed E-state index contributed by atoms with van der Waals surface area (Å²) in [7, 11) is 2.13. The molecule has 15 heavy (non-hydrogen) atoms. The maximum Gasteiger partial charge on any atom is 0.224 e. The maximum atomic E-state index is 11.5. The Morgan fingerprint density at radius 1 is 1.60 bits per heavy atom. The number of amides is 1. The molecule has 1 fully saturated rings. The zero-order valence-corrected chi connectivity index (χ0v) is 9.83. The Balaban J connectivity index is 2.26. The molecule has 2 atom stereocenters. The van der Waals surface area contributed by atoms with Crippen LogP contribution in [0, 0.1) is 5.92 Å². The number of likely N-dealkylation sites (tertiary alicyclic amines) is 1. The first kappa shape index (κ1) is 12.5. The van der Waals surface area contributed by atoms with E-state index >= 15 is 0 Å². The third-order valence-corrected chi connectivity index (χ3v) is 3.23. The highest BCUT2D eigenvalue weighted by Gasteiger charge is 2.20. The van der Waals surface area contributed by atoms with Gasteiger partial charge in [-0.3, -0.25) is 4.79 Å². The van der Waals surface area contributed by atoms with Gasteiger partial charge in [-0.1, -0.05) is 13.3 Å². The minimum Gasteiger partial charge on any atom is -0.354 e. The van der Waals surface area contributed by atoms with Crippen molar-refractivity contribution in [2.45, 2.75) is 32.2 Å². The van der Waals surface area contributed by atoms with E-state index in [1.807, 2.05) is 6.92 Å². The molecule has 0 aromatic heterocycles. The van der Waals surface area contributed by atoms with Crippen LogP contribution in [-0.4, -0.2) is 43.5 Å². The number of nitrogens with zero attached hydrogens (tertiary/aromatic N) is 1. The summed E-state index contributed by atoms with van der Waals surface area (Å²) in [6.07, 6.45) is 3.74. The second kappa shape index (κ2) is 6.08. The molecule has 0 aromatic carbocycles. The highest BCUT2D eigenvalue weighted by molar-refractivity contribution is 5.78. The largest absolute Gasteiger partial charge is 0.354 e. The molecule has 0 aromatic rings. The fourth-order valence-corrected chi connectivity index (χ4v) is 1.90. The number of nitrogens with two attached hydrogens (primary N) is 1. The molecule has 2 unspecified atom stereocenters. The summed E-state index contributed by atoms with van der Waals surface area (Å²) < 4.78 is 0. The molecule has 0 bridgehead atoms. The fraction of sp³-hybridized carbons (Fsp3) is 0.909. The third-order valence-electron chi connectivity index (χ3n) is 3.23. The van der Waals surface area contributed by atoms with Gasteiger partial charge < -0.3 is 16.0 Å². The van der Waals surface area contributed by atoms with Crippen molar-refractivity contribution in [3.8, 4) is 0 Å². The van der Waals surface area contributed by atoms with Crippen LogP contribution >= 0.6 is 0 Å². The Morgan fingerprint density at radius 3 is 2.93 bits per heavy atom. The van der Waals surface area contributed by atoms with E-state index in [4.69, 9.17) is 5.73 Å². The van der Waals surface area contributed by atoms with Crippen molar-refractivity contribution in [1.82, 2.24) is 10.2 Å². The van der Waals surface area contributed by atoms with E-state index in [9.17, 15) is 4.79 Å². The lowest BCUT2D eigenvalue weighted by molar-refractivity contribution is -0.124. The van der Waals surface area contributed by atoms with Crippen molar-refractivity contribution in [2.24, 2.45) is 11.7 Å². The smallest absolute Gasteiger partial charge is 0.224 e. The molecule has 1 aliphatic rings. The lowest BCUT2D eigenvalue weighted by Gasteiger charge is -2.32. The quantitative estimate of drug-likeness (QED) is 0.700. The van der Waals surface area contributed by atoms with Gasteiger partial charge in [-0.15, -0.1) is 0 Å². The van der Waals surface area contributed by atoms with Crippen molar-refractivity contribution in [3.05, 3.63) is 0 Å². The highest BCUT2D eigenvalue weighted by atomic mass is 16.1. The van der Waals surface area contributed by atoms with Gasteiger partial charge in [0.05, 0.1) is 0 Å². The Morgan fingerprint density at radius 2 is 2.33 bits per heavy atom. The maximum absolute atomic E-state index is 11.5. The number of carbonyl (C=O) groups is 1. The van der Waals surface area contributed by atoms with Gasteiger partial charge in [0.25, 0.3) is 0 Å². The normalized spacial score (nSPS) is 24.9. The Labute approximate surface area is 92.2 Å². The van der Waals surface area contributed by atoms with Crippen LogP contribution in [0.3, 0.4) is 0 Å². The topological polar surface area (TPSA) is 58.4 Å². The minimum absolute atomic E-state index is 0.0705. The first-order chi connectivity index (χ1) is 7.15. The van der Waals surface area contributed by atoms with Crippen LogP contribution < -0.4 is 11.1 Å². The molecule has 4 nitrogen and oxygen atoms in total. The predicted molar refractivity (Wildman–Crippen MR) is 61.5 cm³/mol. The molecule has 1 saturated heterocycles. The van der Waals surface area contributed by atoms with Crippen LogP contribution in [-0.2, 0) is 4.79 Å². The van der Waals surface area contributed by atoms with Crippen molar-refractivity contribution >= 4 is 5.91 Å². The van der Waals surface area contributed by atoms with Gasteiger partial charge in [0.15, 0.2) is 0 Å². The molecular formula is C11H23N3O. The van der Waals surface area contributed by atoms with Crippen molar-refractivity contribution < 1.29 is 4.79 Å². The lowest BCUT2D eigenvalue weighted by Crippen LogP contribution is -2.46. The number of hydrogen-bond acceptors (Lipinski definition) is 3. The van der Waals surface area contributed by atoms with Crippen molar-refractivity contribution in [2.75, 3.05) is 26.7 Å². The van der Waals surface area contributed by atoms with E-state index in [1.165, 1.54) is 19.3 Å². The first-order valence-corrected chi connectivity index (χ1v) is 5.83. The van der Waals surface area contributed by atoms with Crippen molar-refractivity contribution in [3.63, 3.8) is 0 Å². The van der Waals surface area contributed by atoms with Gasteiger partial charge in [-0.05, 0) is 26.4 Å². The van der Waals surface area contributed by atoms with Crippen LogP contribution in [0.15, 0.2) is 0 Å². The van der Waals surface area contributed by atoms with Gasteiger partial charge in [-0.25, -0.2) is 0 Å². The molecule has 88 valence electrons. The van der Waals surface area contributed by atoms with Crippen LogP contribution in [0.1, 0.15) is 26.2 Å². The van der Waals surface area contributed by atoms with Gasteiger partial charge in [0, 0.05) is 25.0 Å². The number of rotatable bonds is 4. The second-order valence-electron chi connectivity index (χ2n) is 4.51. The molecule has 0 radical (unpaired) electrons. The molecule has 1 heterocycles. The van der Waals surface area contributed by atoms with E-state index in [2.05, 4.69) is 17.3 Å². The van der Waals surface area contributed by atoms with E-state index in [0.29, 0.717) is 12.6 Å². The van der Waals surface area contributed by atoms with E-state index < -0.39 is 0 Å². The van der Waals surface area contributed by atoms with E-state index in [1.54, 1.807) is 0 Å². The van der Waals surface area contributed by atoms with Crippen molar-refractivity contribution in [1.29, 1.82) is 0 Å². The zero-order chi connectivity index (χ0) is 11.3. The van der Waals surface area contributed by atoms with Crippen LogP contribution in [0.2, 0.25) is 0 Å². The molecule has 0 aliphatic carbocycles. The average molecular weight is 213 g/mol. The molecular weight excluding hydrogens is 190 g/mol. The molecule has 0 saturated carbocycles. The van der Waals surface area contributed by atoms with Gasteiger partial charge >= 0.3 is 0 Å². The number of piperidine rings is 1. The summed E-state index contributed by atoms with van der Waals surface area (Å²) in [6.45, 7) is 4.19. The molecule has 0 spiro atoms. The van der Waals surface area contributed by atoms with Gasteiger partial charge in [-0.2, -0.15) is 0 Å². The number of hydrogen-bond donors (Lipinski definition) is 2. The SMILES string of the molecule is CC(CN)C(=O)NCC1CCCCN1C. The molecule has 3 N–H and O–H groups in total. The van der Waals surface area contributed by atoms with E-state index in [-0.39, 0.29) is 11.8 Å². The van der Waals surface area contributed by atoms with Crippen LogP contribution in [0.25, 0.3) is 0 Å². The number of likely N-dealkylation sites (N-methyl/N-ethyl adjacent to an activating group) is 1. The molecule has 1 aliphatic heterocycles. The van der Waals surface area contributed by atoms with Crippen LogP contribution in [0.4, 0.5) is 0 Å². The number of carbonyl (C=O) groups excluding carboxylic acids is 1. The lowest BCUT2D eigenvalue weighted by atomic mass is 10.0. The monoisotopic (exact) mass is 213 g/mol.